The number of nitriles is 1. The third-order valence-electron chi connectivity index (χ3n) is 6.44. The number of unbranched alkanes of at least 4 members (excludes halogenated alkanes) is 3. The Morgan fingerprint density at radius 3 is 2.17 bits per heavy atom. The second-order valence-corrected chi connectivity index (χ2v) is 9.32. The Balaban J connectivity index is 1.30. The van der Waals surface area contributed by atoms with Gasteiger partial charge >= 0.3 is 11.9 Å². The lowest BCUT2D eigenvalue weighted by molar-refractivity contribution is -0.139. The molecule has 0 amide bonds. The van der Waals surface area contributed by atoms with Crippen LogP contribution in [0.25, 0.3) is 0 Å². The SMILES string of the molecule is C=C(C)C(=O)OCCCCCCOc1ccc(C(=O)OC2CCC(c3ccc(C#N)cc3)CC2)cc1. The first-order valence-electron chi connectivity index (χ1n) is 12.7. The maximum absolute atomic E-state index is 12.6. The molecule has 0 N–H and O–H groups in total. The second kappa shape index (κ2) is 14.1. The molecule has 190 valence electrons. The maximum Gasteiger partial charge on any atom is 0.338 e. The van der Waals surface area contributed by atoms with E-state index in [9.17, 15) is 9.59 Å². The van der Waals surface area contributed by atoms with Crippen LogP contribution < -0.4 is 4.74 Å². The average Bonchev–Trinajstić information content (AvgIpc) is 2.90. The van der Waals surface area contributed by atoms with E-state index in [-0.39, 0.29) is 18.0 Å². The number of hydrogen-bond donors (Lipinski definition) is 0. The maximum atomic E-state index is 12.6. The summed E-state index contributed by atoms with van der Waals surface area (Å²) in [7, 11) is 0. The Hall–Kier alpha value is -3.59. The third-order valence-corrected chi connectivity index (χ3v) is 6.44. The van der Waals surface area contributed by atoms with E-state index >= 15 is 0 Å². The van der Waals surface area contributed by atoms with E-state index in [0.717, 1.165) is 57.1 Å². The minimum absolute atomic E-state index is 0.0626. The molecule has 36 heavy (non-hydrogen) atoms. The molecule has 1 aliphatic rings. The van der Waals surface area contributed by atoms with Gasteiger partial charge in [0.2, 0.25) is 0 Å². The van der Waals surface area contributed by atoms with Crippen LogP contribution >= 0.6 is 0 Å². The highest BCUT2D eigenvalue weighted by atomic mass is 16.5. The Bertz CT molecular complexity index is 1040. The van der Waals surface area contributed by atoms with Crippen LogP contribution in [0.3, 0.4) is 0 Å². The van der Waals surface area contributed by atoms with Crippen LogP contribution in [0.15, 0.2) is 60.7 Å². The monoisotopic (exact) mass is 489 g/mol. The van der Waals surface area contributed by atoms with Crippen molar-refractivity contribution in [3.05, 3.63) is 77.4 Å². The normalized spacial score (nSPS) is 17.0. The lowest BCUT2D eigenvalue weighted by Gasteiger charge is -2.28. The summed E-state index contributed by atoms with van der Waals surface area (Å²) in [5.74, 6) is 0.543. The molecule has 2 aromatic rings. The smallest absolute Gasteiger partial charge is 0.338 e. The van der Waals surface area contributed by atoms with Crippen LogP contribution in [0.2, 0.25) is 0 Å². The van der Waals surface area contributed by atoms with E-state index in [4.69, 9.17) is 19.5 Å². The second-order valence-electron chi connectivity index (χ2n) is 9.32. The molecule has 1 aliphatic carbocycles. The van der Waals surface area contributed by atoms with Gasteiger partial charge in [-0.15, -0.1) is 0 Å². The molecule has 6 nitrogen and oxygen atoms in total. The Kier molecular flexibility index (Phi) is 10.6. The standard InChI is InChI=1S/C30H35NO5/c1-22(2)29(32)35-20-6-4-3-5-19-34-27-15-13-26(14-16-27)30(33)36-28-17-11-25(12-18-28)24-9-7-23(21-31)8-10-24/h7-10,13-16,25,28H,1,3-6,11-12,17-20H2,2H3. The highest BCUT2D eigenvalue weighted by Gasteiger charge is 2.25. The number of esters is 2. The number of benzene rings is 2. The first kappa shape index (κ1) is 27.0. The van der Waals surface area contributed by atoms with Crippen LogP contribution in [-0.2, 0) is 14.3 Å². The van der Waals surface area contributed by atoms with Crippen LogP contribution in [0, 0.1) is 11.3 Å². The van der Waals surface area contributed by atoms with Gasteiger partial charge in [-0.1, -0.05) is 18.7 Å². The number of hydrogen-bond acceptors (Lipinski definition) is 6. The first-order chi connectivity index (χ1) is 17.5. The van der Waals surface area contributed by atoms with Crippen LogP contribution in [0.1, 0.15) is 85.7 Å². The molecule has 1 fully saturated rings. The lowest BCUT2D eigenvalue weighted by Crippen LogP contribution is -2.24. The Morgan fingerprint density at radius 1 is 0.917 bits per heavy atom. The Labute approximate surface area is 213 Å². The van der Waals surface area contributed by atoms with E-state index in [1.54, 1.807) is 31.2 Å². The molecule has 0 aliphatic heterocycles. The Morgan fingerprint density at radius 2 is 1.56 bits per heavy atom. The molecule has 0 unspecified atom stereocenters. The van der Waals surface area contributed by atoms with E-state index in [0.29, 0.717) is 35.8 Å². The number of rotatable bonds is 12. The van der Waals surface area contributed by atoms with Crippen LogP contribution in [-0.4, -0.2) is 31.3 Å². The summed E-state index contributed by atoms with van der Waals surface area (Å²) in [6, 6.07) is 17.0. The fraction of sp³-hybridized carbons (Fsp3) is 0.433. The molecule has 3 rings (SSSR count). The van der Waals surface area contributed by atoms with E-state index < -0.39 is 0 Å². The molecule has 0 spiro atoms. The molecule has 2 aromatic carbocycles. The topological polar surface area (TPSA) is 85.6 Å². The summed E-state index contributed by atoms with van der Waals surface area (Å²) in [6.45, 7) is 6.21. The third kappa shape index (κ3) is 8.57. The van der Waals surface area contributed by atoms with Crippen LogP contribution in [0.4, 0.5) is 0 Å². The van der Waals surface area contributed by atoms with Gasteiger partial charge in [0.25, 0.3) is 0 Å². The van der Waals surface area contributed by atoms with Gasteiger partial charge in [-0.05, 0) is 106 Å². The van der Waals surface area contributed by atoms with E-state index in [1.807, 2.05) is 24.3 Å². The van der Waals surface area contributed by atoms with Crippen molar-refractivity contribution in [2.24, 2.45) is 0 Å². The van der Waals surface area contributed by atoms with E-state index in [2.05, 4.69) is 12.6 Å². The van der Waals surface area contributed by atoms with Crippen molar-refractivity contribution < 1.29 is 23.8 Å². The fourth-order valence-corrected chi connectivity index (χ4v) is 4.29. The summed E-state index contributed by atoms with van der Waals surface area (Å²) in [6.07, 6.45) is 7.24. The van der Waals surface area contributed by atoms with Crippen molar-refractivity contribution in [1.82, 2.24) is 0 Å². The molecule has 6 heteroatoms. The summed E-state index contributed by atoms with van der Waals surface area (Å²) < 4.78 is 16.6. The predicted molar refractivity (Wildman–Crippen MR) is 138 cm³/mol. The quantitative estimate of drug-likeness (QED) is 0.192. The van der Waals surface area contributed by atoms with Gasteiger partial charge in [0.05, 0.1) is 30.4 Å². The van der Waals surface area contributed by atoms with Crippen molar-refractivity contribution in [3.63, 3.8) is 0 Å². The number of ether oxygens (including phenoxy) is 3. The highest BCUT2D eigenvalue weighted by molar-refractivity contribution is 5.89. The molecule has 0 radical (unpaired) electrons. The van der Waals surface area contributed by atoms with Gasteiger partial charge in [-0.2, -0.15) is 5.26 Å². The van der Waals surface area contributed by atoms with Crippen molar-refractivity contribution in [3.8, 4) is 11.8 Å². The minimum atomic E-state index is -0.335. The van der Waals surface area contributed by atoms with Gasteiger partial charge < -0.3 is 14.2 Å². The predicted octanol–water partition coefficient (Wildman–Crippen LogP) is 6.50. The summed E-state index contributed by atoms with van der Waals surface area (Å²) in [4.78, 5) is 23.9. The molecule has 0 heterocycles. The van der Waals surface area contributed by atoms with Crippen molar-refractivity contribution in [1.29, 1.82) is 5.26 Å². The lowest BCUT2D eigenvalue weighted by atomic mass is 9.82. The number of carbonyl (C=O) groups excluding carboxylic acids is 2. The molecule has 0 saturated heterocycles. The average molecular weight is 490 g/mol. The van der Waals surface area contributed by atoms with Gasteiger partial charge in [-0.3, -0.25) is 0 Å². The summed E-state index contributed by atoms with van der Waals surface area (Å²) in [5.41, 5.74) is 2.87. The zero-order valence-corrected chi connectivity index (χ0v) is 21.0. The van der Waals surface area contributed by atoms with Crippen molar-refractivity contribution in [2.45, 2.75) is 70.3 Å². The van der Waals surface area contributed by atoms with Gasteiger partial charge in [0.1, 0.15) is 11.9 Å². The van der Waals surface area contributed by atoms with E-state index in [1.165, 1.54) is 5.56 Å². The van der Waals surface area contributed by atoms with Gasteiger partial charge in [0.15, 0.2) is 0 Å². The minimum Gasteiger partial charge on any atom is -0.494 e. The molecule has 0 aromatic heterocycles. The zero-order valence-electron chi connectivity index (χ0n) is 21.0. The molecule has 0 atom stereocenters. The molecular weight excluding hydrogens is 454 g/mol. The first-order valence-corrected chi connectivity index (χ1v) is 12.7. The van der Waals surface area contributed by atoms with Crippen molar-refractivity contribution >= 4 is 11.9 Å². The number of carbonyl (C=O) groups is 2. The number of nitrogens with zero attached hydrogens (tertiary/aromatic N) is 1. The molecular formula is C30H35NO5. The molecule has 1 saturated carbocycles. The summed E-state index contributed by atoms with van der Waals surface area (Å²) in [5, 5.41) is 8.95. The summed E-state index contributed by atoms with van der Waals surface area (Å²) >= 11 is 0. The van der Waals surface area contributed by atoms with Gasteiger partial charge in [0, 0.05) is 5.57 Å². The van der Waals surface area contributed by atoms with Gasteiger partial charge in [-0.25, -0.2) is 9.59 Å². The fourth-order valence-electron chi connectivity index (χ4n) is 4.29. The largest absolute Gasteiger partial charge is 0.494 e. The highest BCUT2D eigenvalue weighted by Crippen LogP contribution is 2.34. The molecule has 0 bridgehead atoms. The van der Waals surface area contributed by atoms with Crippen LogP contribution in [0.5, 0.6) is 5.75 Å². The zero-order chi connectivity index (χ0) is 25.8. The van der Waals surface area contributed by atoms with Crippen molar-refractivity contribution in [2.75, 3.05) is 13.2 Å².